The highest BCUT2D eigenvalue weighted by Gasteiger charge is 2.12. The third kappa shape index (κ3) is 2.25. The maximum atomic E-state index is 9.16. The van der Waals surface area contributed by atoms with Gasteiger partial charge in [0.15, 0.2) is 0 Å². The zero-order chi connectivity index (χ0) is 12.1. The van der Waals surface area contributed by atoms with E-state index in [9.17, 15) is 0 Å². The maximum Gasteiger partial charge on any atom is 0.124 e. The van der Waals surface area contributed by atoms with Crippen LogP contribution in [0.4, 0.5) is 0 Å². The van der Waals surface area contributed by atoms with Crippen molar-refractivity contribution in [2.24, 2.45) is 0 Å². The van der Waals surface area contributed by atoms with Crippen LogP contribution in [0, 0.1) is 23.7 Å². The van der Waals surface area contributed by atoms with Gasteiger partial charge in [-0.15, -0.1) is 6.42 Å². The summed E-state index contributed by atoms with van der Waals surface area (Å²) in [6.45, 7) is 0.363. The molecule has 3 nitrogen and oxygen atoms in total. The minimum atomic E-state index is -0.426. The van der Waals surface area contributed by atoms with Crippen LogP contribution in [0.3, 0.4) is 0 Å². The van der Waals surface area contributed by atoms with Gasteiger partial charge in [0.2, 0.25) is 0 Å². The molecule has 1 heterocycles. The largest absolute Gasteiger partial charge is 0.287 e. The average molecular weight is 221 g/mol. The molecular weight excluding hydrogens is 210 g/mol. The van der Waals surface area contributed by atoms with Crippen molar-refractivity contribution in [3.8, 4) is 18.4 Å². The first-order valence-corrected chi connectivity index (χ1v) is 5.27. The first kappa shape index (κ1) is 11.1. The van der Waals surface area contributed by atoms with E-state index in [-0.39, 0.29) is 0 Å². The van der Waals surface area contributed by atoms with E-state index in [0.717, 1.165) is 16.5 Å². The van der Waals surface area contributed by atoms with Crippen LogP contribution in [-0.4, -0.2) is 11.5 Å². The van der Waals surface area contributed by atoms with Crippen LogP contribution < -0.4 is 5.32 Å². The molecule has 0 aliphatic rings. The Morgan fingerprint density at radius 2 is 2.18 bits per heavy atom. The lowest BCUT2D eigenvalue weighted by atomic mass is 10.0. The molecule has 1 unspecified atom stereocenters. The molecule has 1 aromatic heterocycles. The van der Waals surface area contributed by atoms with Crippen LogP contribution in [0.5, 0.6) is 0 Å². The Balaban J connectivity index is 2.47. The first-order chi connectivity index (χ1) is 8.36. The Morgan fingerprint density at radius 1 is 1.35 bits per heavy atom. The van der Waals surface area contributed by atoms with Crippen LogP contribution in [0.25, 0.3) is 10.9 Å². The predicted molar refractivity (Wildman–Crippen MR) is 66.9 cm³/mol. The number of nitrogens with zero attached hydrogens (tertiary/aromatic N) is 2. The number of fused-ring (bicyclic) bond motifs is 1. The highest BCUT2D eigenvalue weighted by Crippen LogP contribution is 2.21. The normalized spacial score (nSPS) is 11.6. The van der Waals surface area contributed by atoms with E-state index in [2.05, 4.69) is 22.3 Å². The third-order valence-electron chi connectivity index (χ3n) is 2.51. The number of benzene rings is 1. The molecule has 2 aromatic rings. The zero-order valence-corrected chi connectivity index (χ0v) is 9.22. The lowest BCUT2D eigenvalue weighted by Crippen LogP contribution is -2.20. The lowest BCUT2D eigenvalue weighted by Gasteiger charge is -2.11. The third-order valence-corrected chi connectivity index (χ3v) is 2.51. The van der Waals surface area contributed by atoms with Crippen molar-refractivity contribution in [2.75, 3.05) is 6.54 Å². The number of hydrogen-bond acceptors (Lipinski definition) is 3. The molecule has 2 rings (SSSR count). The molecule has 1 atom stereocenters. The Morgan fingerprint density at radius 3 is 2.94 bits per heavy atom. The van der Waals surface area contributed by atoms with E-state index in [1.165, 1.54) is 0 Å². The summed E-state index contributed by atoms with van der Waals surface area (Å²) in [5.41, 5.74) is 1.70. The summed E-state index contributed by atoms with van der Waals surface area (Å²) in [7, 11) is 0. The van der Waals surface area contributed by atoms with E-state index in [0.29, 0.717) is 6.54 Å². The second kappa shape index (κ2) is 5.12. The van der Waals surface area contributed by atoms with Gasteiger partial charge in [0.25, 0.3) is 0 Å². The number of terminal acetylenes is 1. The molecule has 0 aliphatic heterocycles. The summed E-state index contributed by atoms with van der Waals surface area (Å²) in [6.07, 6.45) is 6.91. The minimum absolute atomic E-state index is 0.363. The number of hydrogen-bond donors (Lipinski definition) is 1. The van der Waals surface area contributed by atoms with E-state index in [1.54, 1.807) is 6.20 Å². The SMILES string of the molecule is C#CCNC(C#N)c1cccc2cccnc12. The van der Waals surface area contributed by atoms with Gasteiger partial charge in [-0.1, -0.05) is 30.2 Å². The monoisotopic (exact) mass is 221 g/mol. The number of pyridine rings is 1. The smallest absolute Gasteiger partial charge is 0.124 e. The van der Waals surface area contributed by atoms with Crippen molar-refractivity contribution in [3.05, 3.63) is 42.1 Å². The molecule has 1 aromatic carbocycles. The summed E-state index contributed by atoms with van der Waals surface area (Å²) >= 11 is 0. The maximum absolute atomic E-state index is 9.16. The zero-order valence-electron chi connectivity index (χ0n) is 9.22. The molecule has 82 valence electrons. The van der Waals surface area contributed by atoms with Gasteiger partial charge in [-0.05, 0) is 6.07 Å². The minimum Gasteiger partial charge on any atom is -0.287 e. The highest BCUT2D eigenvalue weighted by atomic mass is 14.9. The standard InChI is InChI=1S/C14H11N3/c1-2-8-16-13(10-15)12-7-3-5-11-6-4-9-17-14(11)12/h1,3-7,9,13,16H,8H2. The second-order valence-electron chi connectivity index (χ2n) is 3.57. The molecule has 0 spiro atoms. The van der Waals surface area contributed by atoms with Gasteiger partial charge >= 0.3 is 0 Å². The van der Waals surface area contributed by atoms with Gasteiger partial charge in [0.05, 0.1) is 18.1 Å². The van der Waals surface area contributed by atoms with Crippen LogP contribution in [0.1, 0.15) is 11.6 Å². The number of para-hydroxylation sites is 1. The number of nitrogens with one attached hydrogen (secondary N) is 1. The molecule has 0 fully saturated rings. The Labute approximate surface area is 100 Å². The predicted octanol–water partition coefficient (Wildman–Crippen LogP) is 2.02. The van der Waals surface area contributed by atoms with E-state index < -0.39 is 6.04 Å². The van der Waals surface area contributed by atoms with Crippen molar-refractivity contribution in [1.29, 1.82) is 5.26 Å². The van der Waals surface area contributed by atoms with Crippen molar-refractivity contribution >= 4 is 10.9 Å². The number of aromatic nitrogens is 1. The van der Waals surface area contributed by atoms with Gasteiger partial charge in [0.1, 0.15) is 6.04 Å². The summed E-state index contributed by atoms with van der Waals surface area (Å²) in [5, 5.41) is 13.2. The van der Waals surface area contributed by atoms with Crippen molar-refractivity contribution < 1.29 is 0 Å². The Kier molecular flexibility index (Phi) is 3.35. The summed E-state index contributed by atoms with van der Waals surface area (Å²) in [5.74, 6) is 2.47. The number of rotatable bonds is 3. The molecular formula is C14H11N3. The van der Waals surface area contributed by atoms with Crippen LogP contribution in [0.15, 0.2) is 36.5 Å². The Bertz CT molecular complexity index is 599. The molecule has 3 heteroatoms. The fourth-order valence-electron chi connectivity index (χ4n) is 1.75. The molecule has 0 aliphatic carbocycles. The fourth-order valence-corrected chi connectivity index (χ4v) is 1.75. The lowest BCUT2D eigenvalue weighted by molar-refractivity contribution is 0.694. The van der Waals surface area contributed by atoms with E-state index >= 15 is 0 Å². The molecule has 0 saturated carbocycles. The molecule has 0 saturated heterocycles. The molecule has 1 N–H and O–H groups in total. The number of nitriles is 1. The Hall–Kier alpha value is -2.36. The van der Waals surface area contributed by atoms with Gasteiger partial charge in [-0.3, -0.25) is 10.3 Å². The topological polar surface area (TPSA) is 48.7 Å². The quantitative estimate of drug-likeness (QED) is 0.807. The van der Waals surface area contributed by atoms with Crippen LogP contribution in [0.2, 0.25) is 0 Å². The highest BCUT2D eigenvalue weighted by molar-refractivity contribution is 5.82. The molecule has 0 bridgehead atoms. The molecule has 0 amide bonds. The van der Waals surface area contributed by atoms with E-state index in [1.807, 2.05) is 30.3 Å². The van der Waals surface area contributed by atoms with Gasteiger partial charge in [-0.2, -0.15) is 5.26 Å². The fraction of sp³-hybridized carbons (Fsp3) is 0.143. The molecule has 0 radical (unpaired) electrons. The summed E-state index contributed by atoms with van der Waals surface area (Å²) in [4.78, 5) is 4.32. The van der Waals surface area contributed by atoms with Crippen molar-refractivity contribution in [3.63, 3.8) is 0 Å². The van der Waals surface area contributed by atoms with Crippen molar-refractivity contribution in [2.45, 2.75) is 6.04 Å². The van der Waals surface area contributed by atoms with Gasteiger partial charge in [0, 0.05) is 17.1 Å². The second-order valence-corrected chi connectivity index (χ2v) is 3.57. The summed E-state index contributed by atoms with van der Waals surface area (Å²) in [6, 6.07) is 11.4. The van der Waals surface area contributed by atoms with Crippen LogP contribution in [-0.2, 0) is 0 Å². The molecule has 17 heavy (non-hydrogen) atoms. The van der Waals surface area contributed by atoms with Gasteiger partial charge in [-0.25, -0.2) is 0 Å². The van der Waals surface area contributed by atoms with Gasteiger partial charge < -0.3 is 0 Å². The first-order valence-electron chi connectivity index (χ1n) is 5.27. The summed E-state index contributed by atoms with van der Waals surface area (Å²) < 4.78 is 0. The average Bonchev–Trinajstić information content (AvgIpc) is 2.40. The van der Waals surface area contributed by atoms with E-state index in [4.69, 9.17) is 11.7 Å². The van der Waals surface area contributed by atoms with Crippen LogP contribution >= 0.6 is 0 Å². The van der Waals surface area contributed by atoms with Crippen molar-refractivity contribution in [1.82, 2.24) is 10.3 Å².